The van der Waals surface area contributed by atoms with Crippen molar-refractivity contribution in [3.05, 3.63) is 0 Å². The fraction of sp³-hybridized carbons (Fsp3) is 0.833. The third-order valence-electron chi connectivity index (χ3n) is 3.44. The number of carbonyl (C=O) groups excluding carboxylic acids is 1. The van der Waals surface area contributed by atoms with Crippen LogP contribution in [0.2, 0.25) is 0 Å². The van der Waals surface area contributed by atoms with Crippen molar-refractivity contribution >= 4 is 12.1 Å². The Hall–Kier alpha value is -1.26. The Bertz CT molecular complexity index is 352. The van der Waals surface area contributed by atoms with Crippen molar-refractivity contribution < 1.29 is 19.4 Å². The summed E-state index contributed by atoms with van der Waals surface area (Å²) in [5.41, 5.74) is -1.24. The van der Waals surface area contributed by atoms with Gasteiger partial charge in [0.2, 0.25) is 0 Å². The van der Waals surface area contributed by atoms with E-state index in [0.717, 1.165) is 0 Å². The van der Waals surface area contributed by atoms with E-state index in [0.29, 0.717) is 25.3 Å². The molecule has 0 unspecified atom stereocenters. The topological polar surface area (TPSA) is 66.8 Å². The van der Waals surface area contributed by atoms with E-state index in [1.807, 2.05) is 20.8 Å². The van der Waals surface area contributed by atoms with Crippen molar-refractivity contribution in [3.63, 3.8) is 0 Å². The van der Waals surface area contributed by atoms with Crippen LogP contribution >= 0.6 is 0 Å². The minimum absolute atomic E-state index is 0.285. The Morgan fingerprint density at radius 3 is 2.41 bits per heavy atom. The molecule has 0 aromatic heterocycles. The van der Waals surface area contributed by atoms with Gasteiger partial charge in [-0.05, 0) is 39.5 Å². The summed E-state index contributed by atoms with van der Waals surface area (Å²) in [4.78, 5) is 24.6. The van der Waals surface area contributed by atoms with Gasteiger partial charge in [-0.15, -0.1) is 0 Å². The van der Waals surface area contributed by atoms with E-state index >= 15 is 0 Å². The lowest BCUT2D eigenvalue weighted by Gasteiger charge is -2.53. The number of nitrogens with zero attached hydrogens (tertiary/aromatic N) is 1. The van der Waals surface area contributed by atoms with Crippen LogP contribution in [0.25, 0.3) is 0 Å². The molecule has 17 heavy (non-hydrogen) atoms. The highest BCUT2D eigenvalue weighted by Crippen LogP contribution is 2.50. The minimum Gasteiger partial charge on any atom is -0.481 e. The lowest BCUT2D eigenvalue weighted by atomic mass is 9.59. The van der Waals surface area contributed by atoms with Gasteiger partial charge in [0, 0.05) is 13.1 Å². The molecule has 1 N–H and O–H groups in total. The molecule has 1 amide bonds. The lowest BCUT2D eigenvalue weighted by Crippen LogP contribution is -2.61. The lowest BCUT2D eigenvalue weighted by molar-refractivity contribution is -0.167. The maximum atomic E-state index is 11.9. The van der Waals surface area contributed by atoms with Crippen molar-refractivity contribution in [2.24, 2.45) is 11.3 Å². The normalized spacial score (nSPS) is 31.7. The molecule has 0 spiro atoms. The van der Waals surface area contributed by atoms with Gasteiger partial charge in [0.25, 0.3) is 0 Å². The van der Waals surface area contributed by atoms with Crippen LogP contribution < -0.4 is 0 Å². The molecule has 5 nitrogen and oxygen atoms in total. The summed E-state index contributed by atoms with van der Waals surface area (Å²) in [6.45, 7) is 6.34. The van der Waals surface area contributed by atoms with Crippen LogP contribution in [0.1, 0.15) is 33.6 Å². The van der Waals surface area contributed by atoms with E-state index in [2.05, 4.69) is 0 Å². The summed E-state index contributed by atoms with van der Waals surface area (Å²) in [7, 11) is 0. The van der Waals surface area contributed by atoms with Crippen molar-refractivity contribution in [1.29, 1.82) is 0 Å². The average Bonchev–Trinajstić information content (AvgIpc) is 2.13. The monoisotopic (exact) mass is 241 g/mol. The van der Waals surface area contributed by atoms with E-state index in [9.17, 15) is 14.7 Å². The zero-order chi connectivity index (χ0) is 12.8. The average molecular weight is 241 g/mol. The first-order valence-corrected chi connectivity index (χ1v) is 5.93. The van der Waals surface area contributed by atoms with Crippen molar-refractivity contribution in [3.8, 4) is 0 Å². The van der Waals surface area contributed by atoms with Crippen molar-refractivity contribution in [2.45, 2.75) is 39.2 Å². The molecule has 3 aliphatic rings. The van der Waals surface area contributed by atoms with E-state index in [4.69, 9.17) is 4.74 Å². The molecule has 2 bridgehead atoms. The van der Waals surface area contributed by atoms with Gasteiger partial charge in [0.1, 0.15) is 5.60 Å². The Balaban J connectivity index is 2.00. The minimum atomic E-state index is -0.790. The highest BCUT2D eigenvalue weighted by molar-refractivity contribution is 5.78. The SMILES string of the molecule is CC(C)(C)OC(=O)N1CC2CC(C(=O)O)(C2)C1. The van der Waals surface area contributed by atoms with E-state index in [-0.39, 0.29) is 6.54 Å². The first-order valence-electron chi connectivity index (χ1n) is 5.93. The summed E-state index contributed by atoms with van der Waals surface area (Å²) in [5.74, 6) is -0.464. The maximum Gasteiger partial charge on any atom is 0.410 e. The summed E-state index contributed by atoms with van der Waals surface area (Å²) in [5, 5.41) is 9.19. The second kappa shape index (κ2) is 3.62. The summed E-state index contributed by atoms with van der Waals surface area (Å²) in [6, 6.07) is 0. The highest BCUT2D eigenvalue weighted by atomic mass is 16.6. The first kappa shape index (κ1) is 12.2. The summed E-state index contributed by atoms with van der Waals surface area (Å²) < 4.78 is 5.26. The number of carboxylic acid groups (broad SMARTS) is 1. The number of carbonyl (C=O) groups is 2. The number of fused-ring (bicyclic) bond motifs is 2. The number of ether oxygens (including phenoxy) is 1. The fourth-order valence-electron chi connectivity index (χ4n) is 2.75. The van der Waals surface area contributed by atoms with Gasteiger partial charge >= 0.3 is 12.1 Å². The Morgan fingerprint density at radius 2 is 1.94 bits per heavy atom. The molecule has 0 radical (unpaired) electrons. The predicted molar refractivity (Wildman–Crippen MR) is 60.6 cm³/mol. The number of aliphatic carboxylic acids is 1. The van der Waals surface area contributed by atoms with Crippen LogP contribution in [0.15, 0.2) is 0 Å². The quantitative estimate of drug-likeness (QED) is 0.759. The van der Waals surface area contributed by atoms with Crippen LogP contribution in [0, 0.1) is 11.3 Å². The molecule has 0 aromatic carbocycles. The predicted octanol–water partition coefficient (Wildman–Crippen LogP) is 1.72. The van der Waals surface area contributed by atoms with Gasteiger partial charge in [0.05, 0.1) is 5.41 Å². The Morgan fingerprint density at radius 1 is 1.35 bits per heavy atom. The molecule has 2 aliphatic heterocycles. The molecule has 2 heterocycles. The smallest absolute Gasteiger partial charge is 0.410 e. The second-order valence-electron chi connectivity index (χ2n) is 6.22. The molecule has 3 fully saturated rings. The van der Waals surface area contributed by atoms with Gasteiger partial charge < -0.3 is 14.7 Å². The number of amides is 1. The highest BCUT2D eigenvalue weighted by Gasteiger charge is 2.56. The van der Waals surface area contributed by atoms with Crippen LogP contribution in [0.4, 0.5) is 4.79 Å². The molecule has 5 heteroatoms. The number of rotatable bonds is 1. The maximum absolute atomic E-state index is 11.9. The van der Waals surface area contributed by atoms with Crippen molar-refractivity contribution in [2.75, 3.05) is 13.1 Å². The molecule has 3 rings (SSSR count). The molecule has 0 aromatic rings. The molecule has 96 valence electrons. The van der Waals surface area contributed by atoms with E-state index in [1.165, 1.54) is 4.90 Å². The standard InChI is InChI=1S/C12H19NO4/c1-11(2,3)17-10(16)13-6-8-4-12(5-8,7-13)9(14)15/h8H,4-7H2,1-3H3,(H,14,15). The number of carboxylic acids is 1. The molecule has 2 saturated heterocycles. The molecule has 1 aliphatic carbocycles. The van der Waals surface area contributed by atoms with Gasteiger partial charge in [-0.3, -0.25) is 4.79 Å². The van der Waals surface area contributed by atoms with Crippen LogP contribution in [0.3, 0.4) is 0 Å². The van der Waals surface area contributed by atoms with Gasteiger partial charge in [-0.1, -0.05) is 0 Å². The number of piperidine rings is 2. The third-order valence-corrected chi connectivity index (χ3v) is 3.44. The van der Waals surface area contributed by atoms with E-state index < -0.39 is 23.1 Å². The Labute approximate surface area is 101 Å². The second-order valence-corrected chi connectivity index (χ2v) is 6.22. The summed E-state index contributed by atoms with van der Waals surface area (Å²) >= 11 is 0. The number of hydrogen-bond donors (Lipinski definition) is 1. The molecular weight excluding hydrogens is 222 g/mol. The zero-order valence-corrected chi connectivity index (χ0v) is 10.5. The molecule has 0 atom stereocenters. The third kappa shape index (κ3) is 2.23. The molecular formula is C12H19NO4. The van der Waals surface area contributed by atoms with Crippen LogP contribution in [-0.2, 0) is 9.53 Å². The van der Waals surface area contributed by atoms with Gasteiger partial charge in [-0.2, -0.15) is 0 Å². The molecule has 1 saturated carbocycles. The van der Waals surface area contributed by atoms with Crippen LogP contribution in [-0.4, -0.2) is 40.8 Å². The Kier molecular flexibility index (Phi) is 2.60. The largest absolute Gasteiger partial charge is 0.481 e. The van der Waals surface area contributed by atoms with E-state index in [1.54, 1.807) is 0 Å². The van der Waals surface area contributed by atoms with Gasteiger partial charge in [-0.25, -0.2) is 4.79 Å². The fourth-order valence-corrected chi connectivity index (χ4v) is 2.75. The first-order chi connectivity index (χ1) is 7.72. The van der Waals surface area contributed by atoms with Gasteiger partial charge in [0.15, 0.2) is 0 Å². The number of hydrogen-bond acceptors (Lipinski definition) is 3. The van der Waals surface area contributed by atoms with Crippen LogP contribution in [0.5, 0.6) is 0 Å². The van der Waals surface area contributed by atoms with Crippen molar-refractivity contribution in [1.82, 2.24) is 4.90 Å². The summed E-state index contributed by atoms with van der Waals surface area (Å²) in [6.07, 6.45) is 0.996. The zero-order valence-electron chi connectivity index (χ0n) is 10.5.